The van der Waals surface area contributed by atoms with Crippen LogP contribution in [-0.2, 0) is 4.79 Å². The second kappa shape index (κ2) is 6.39. The molecule has 3 N–H and O–H groups in total. The third kappa shape index (κ3) is 2.73. The molecule has 1 fully saturated rings. The van der Waals surface area contributed by atoms with E-state index in [1.165, 1.54) is 5.69 Å². The van der Waals surface area contributed by atoms with Crippen LogP contribution in [0.4, 0.5) is 0 Å². The van der Waals surface area contributed by atoms with E-state index in [-0.39, 0.29) is 11.3 Å². The van der Waals surface area contributed by atoms with Gasteiger partial charge in [-0.05, 0) is 25.7 Å². The van der Waals surface area contributed by atoms with Gasteiger partial charge in [0.2, 0.25) is 5.91 Å². The van der Waals surface area contributed by atoms with Gasteiger partial charge in [-0.3, -0.25) is 4.79 Å². The number of nitrogens with one attached hydrogen (secondary N) is 1. The van der Waals surface area contributed by atoms with E-state index < -0.39 is 0 Å². The molecular weight excluding hydrogens is 252 g/mol. The molecule has 0 atom stereocenters. The highest BCUT2D eigenvalue weighted by Gasteiger charge is 2.38. The third-order valence-electron chi connectivity index (χ3n) is 4.94. The van der Waals surface area contributed by atoms with E-state index in [1.807, 2.05) is 11.1 Å². The molecule has 5 nitrogen and oxygen atoms in total. The zero-order valence-electron chi connectivity index (χ0n) is 12.6. The van der Waals surface area contributed by atoms with E-state index in [1.54, 1.807) is 6.33 Å². The number of nitrogens with zero attached hydrogens (tertiary/aromatic N) is 2. The van der Waals surface area contributed by atoms with Gasteiger partial charge in [0, 0.05) is 37.4 Å². The van der Waals surface area contributed by atoms with Crippen molar-refractivity contribution in [1.82, 2.24) is 14.9 Å². The summed E-state index contributed by atoms with van der Waals surface area (Å²) in [7, 11) is 0. The number of nitrogens with two attached hydrogens (primary N) is 1. The Balaban J connectivity index is 1.98. The lowest BCUT2D eigenvalue weighted by atomic mass is 9.80. The summed E-state index contributed by atoms with van der Waals surface area (Å²) >= 11 is 0. The van der Waals surface area contributed by atoms with Crippen molar-refractivity contribution in [2.24, 2.45) is 11.1 Å². The number of aromatic nitrogens is 2. The highest BCUT2D eigenvalue weighted by atomic mass is 16.2. The minimum absolute atomic E-state index is 0.244. The van der Waals surface area contributed by atoms with Gasteiger partial charge in [0.15, 0.2) is 0 Å². The molecule has 1 aromatic rings. The van der Waals surface area contributed by atoms with Crippen molar-refractivity contribution in [3.8, 4) is 0 Å². The normalized spacial score (nSPS) is 17.4. The van der Waals surface area contributed by atoms with Crippen LogP contribution >= 0.6 is 0 Å². The van der Waals surface area contributed by atoms with E-state index in [0.29, 0.717) is 12.5 Å². The van der Waals surface area contributed by atoms with Crippen molar-refractivity contribution in [3.63, 3.8) is 0 Å². The number of amides is 1. The molecule has 112 valence electrons. The molecule has 0 bridgehead atoms. The van der Waals surface area contributed by atoms with Gasteiger partial charge in [-0.1, -0.05) is 13.8 Å². The van der Waals surface area contributed by atoms with Crippen LogP contribution in [-0.4, -0.2) is 40.4 Å². The summed E-state index contributed by atoms with van der Waals surface area (Å²) < 4.78 is 0. The Labute approximate surface area is 120 Å². The number of likely N-dealkylation sites (tertiary alicyclic amines) is 1. The summed E-state index contributed by atoms with van der Waals surface area (Å²) in [5, 5.41) is 0. The lowest BCUT2D eigenvalue weighted by molar-refractivity contribution is -0.143. The summed E-state index contributed by atoms with van der Waals surface area (Å²) in [6.07, 6.45) is 7.26. The SMILES string of the molecule is CCC(CC)(CN)C(=O)N1CCC(c2cnc[nH]2)CC1. The molecular formula is C15H26N4O. The number of rotatable bonds is 5. The maximum absolute atomic E-state index is 12.7. The number of carbonyl (C=O) groups excluding carboxylic acids is 1. The number of carbonyl (C=O) groups is 1. The molecule has 0 aromatic carbocycles. The van der Waals surface area contributed by atoms with Crippen molar-refractivity contribution in [2.75, 3.05) is 19.6 Å². The topological polar surface area (TPSA) is 75.0 Å². The average molecular weight is 278 g/mol. The molecule has 2 heterocycles. The molecule has 1 aliphatic heterocycles. The Morgan fingerprint density at radius 2 is 2.10 bits per heavy atom. The minimum Gasteiger partial charge on any atom is -0.348 e. The van der Waals surface area contributed by atoms with Crippen LogP contribution in [0.2, 0.25) is 0 Å². The third-order valence-corrected chi connectivity index (χ3v) is 4.94. The lowest BCUT2D eigenvalue weighted by Crippen LogP contribution is -2.49. The molecule has 0 aliphatic carbocycles. The molecule has 1 aromatic heterocycles. The van der Waals surface area contributed by atoms with Gasteiger partial charge in [0.25, 0.3) is 0 Å². The number of imidazole rings is 1. The van der Waals surface area contributed by atoms with Crippen LogP contribution in [0.25, 0.3) is 0 Å². The van der Waals surface area contributed by atoms with Crippen molar-refractivity contribution in [1.29, 1.82) is 0 Å². The van der Waals surface area contributed by atoms with Crippen LogP contribution in [0.15, 0.2) is 12.5 Å². The Morgan fingerprint density at radius 3 is 2.55 bits per heavy atom. The van der Waals surface area contributed by atoms with Crippen molar-refractivity contribution >= 4 is 5.91 Å². The largest absolute Gasteiger partial charge is 0.348 e. The molecule has 2 rings (SSSR count). The Kier molecular flexibility index (Phi) is 4.81. The Bertz CT molecular complexity index is 409. The number of hydrogen-bond acceptors (Lipinski definition) is 3. The standard InChI is InChI=1S/C15H26N4O/c1-3-15(4-2,10-16)14(20)19-7-5-12(6-8-19)13-9-17-11-18-13/h9,11-12H,3-8,10,16H2,1-2H3,(H,17,18). The van der Waals surface area contributed by atoms with Gasteiger partial charge in [-0.2, -0.15) is 0 Å². The van der Waals surface area contributed by atoms with Crippen LogP contribution in [0, 0.1) is 5.41 Å². The summed E-state index contributed by atoms with van der Waals surface area (Å²) in [5.41, 5.74) is 6.71. The van der Waals surface area contributed by atoms with Crippen molar-refractivity contribution in [2.45, 2.75) is 45.4 Å². The predicted molar refractivity (Wildman–Crippen MR) is 79.2 cm³/mol. The molecule has 1 amide bonds. The van der Waals surface area contributed by atoms with Gasteiger partial charge in [0.1, 0.15) is 0 Å². The van der Waals surface area contributed by atoms with Gasteiger partial charge in [-0.25, -0.2) is 4.98 Å². The fourth-order valence-electron chi connectivity index (χ4n) is 3.15. The first-order valence-electron chi connectivity index (χ1n) is 7.64. The van der Waals surface area contributed by atoms with Crippen LogP contribution in [0.5, 0.6) is 0 Å². The van der Waals surface area contributed by atoms with E-state index in [4.69, 9.17) is 5.73 Å². The average Bonchev–Trinajstić information content (AvgIpc) is 3.04. The van der Waals surface area contributed by atoms with Crippen LogP contribution in [0.1, 0.15) is 51.1 Å². The highest BCUT2D eigenvalue weighted by molar-refractivity contribution is 5.83. The van der Waals surface area contributed by atoms with Crippen molar-refractivity contribution in [3.05, 3.63) is 18.2 Å². The smallest absolute Gasteiger partial charge is 0.230 e. The summed E-state index contributed by atoms with van der Waals surface area (Å²) in [6, 6.07) is 0. The fraction of sp³-hybridized carbons (Fsp3) is 0.733. The lowest BCUT2D eigenvalue weighted by Gasteiger charge is -2.38. The van der Waals surface area contributed by atoms with E-state index >= 15 is 0 Å². The van der Waals surface area contributed by atoms with Crippen molar-refractivity contribution < 1.29 is 4.79 Å². The minimum atomic E-state index is -0.360. The van der Waals surface area contributed by atoms with Gasteiger partial charge in [0.05, 0.1) is 11.7 Å². The zero-order valence-corrected chi connectivity index (χ0v) is 12.6. The molecule has 20 heavy (non-hydrogen) atoms. The fourth-order valence-corrected chi connectivity index (χ4v) is 3.15. The first-order valence-corrected chi connectivity index (χ1v) is 7.64. The predicted octanol–water partition coefficient (Wildman–Crippen LogP) is 1.88. The number of hydrogen-bond donors (Lipinski definition) is 2. The van der Waals surface area contributed by atoms with E-state index in [0.717, 1.165) is 38.8 Å². The molecule has 1 saturated heterocycles. The molecule has 0 spiro atoms. The number of H-pyrrole nitrogens is 1. The maximum Gasteiger partial charge on any atom is 0.230 e. The summed E-state index contributed by atoms with van der Waals surface area (Å²) in [6.45, 7) is 6.21. The van der Waals surface area contributed by atoms with Gasteiger partial charge < -0.3 is 15.6 Å². The second-order valence-corrected chi connectivity index (χ2v) is 5.76. The zero-order chi connectivity index (χ0) is 14.6. The number of aromatic amines is 1. The first kappa shape index (κ1) is 15.0. The van der Waals surface area contributed by atoms with E-state index in [2.05, 4.69) is 23.8 Å². The molecule has 0 saturated carbocycles. The molecule has 0 unspecified atom stereocenters. The quantitative estimate of drug-likeness (QED) is 0.863. The van der Waals surface area contributed by atoms with Crippen LogP contribution < -0.4 is 5.73 Å². The van der Waals surface area contributed by atoms with Gasteiger partial charge >= 0.3 is 0 Å². The summed E-state index contributed by atoms with van der Waals surface area (Å²) in [4.78, 5) is 22.0. The molecule has 1 aliphatic rings. The van der Waals surface area contributed by atoms with Gasteiger partial charge in [-0.15, -0.1) is 0 Å². The number of piperidine rings is 1. The Hall–Kier alpha value is -1.36. The summed E-state index contributed by atoms with van der Waals surface area (Å²) in [5.74, 6) is 0.741. The maximum atomic E-state index is 12.7. The van der Waals surface area contributed by atoms with Crippen LogP contribution in [0.3, 0.4) is 0 Å². The first-order chi connectivity index (χ1) is 9.66. The molecule has 5 heteroatoms. The highest BCUT2D eigenvalue weighted by Crippen LogP contribution is 2.32. The second-order valence-electron chi connectivity index (χ2n) is 5.76. The van der Waals surface area contributed by atoms with E-state index in [9.17, 15) is 4.79 Å². The monoisotopic (exact) mass is 278 g/mol. The molecule has 0 radical (unpaired) electrons. The Morgan fingerprint density at radius 1 is 1.45 bits per heavy atom.